The van der Waals surface area contributed by atoms with Gasteiger partial charge in [-0.15, -0.1) is 0 Å². The first-order valence-corrected chi connectivity index (χ1v) is 6.72. The van der Waals surface area contributed by atoms with Gasteiger partial charge < -0.3 is 10.0 Å². The molecular formula is C14H18N2O5. The highest BCUT2D eigenvalue weighted by molar-refractivity contribution is 5.94. The first kappa shape index (κ1) is 16.6. The van der Waals surface area contributed by atoms with Crippen molar-refractivity contribution in [3.05, 3.63) is 34.4 Å². The summed E-state index contributed by atoms with van der Waals surface area (Å²) in [5.41, 5.74) is 0.225. The van der Waals surface area contributed by atoms with Crippen molar-refractivity contribution in [3.63, 3.8) is 0 Å². The molecule has 0 saturated heterocycles. The van der Waals surface area contributed by atoms with E-state index in [-0.39, 0.29) is 24.6 Å². The van der Waals surface area contributed by atoms with E-state index in [1.54, 1.807) is 6.07 Å². The number of benzene rings is 1. The van der Waals surface area contributed by atoms with Crippen molar-refractivity contribution in [2.45, 2.75) is 32.6 Å². The molecule has 0 heterocycles. The highest BCUT2D eigenvalue weighted by atomic mass is 16.6. The van der Waals surface area contributed by atoms with Gasteiger partial charge in [-0.2, -0.15) is 0 Å². The van der Waals surface area contributed by atoms with Crippen LogP contribution < -0.4 is 4.90 Å². The van der Waals surface area contributed by atoms with Crippen LogP contribution in [0.5, 0.6) is 0 Å². The second-order valence-electron chi connectivity index (χ2n) is 4.57. The maximum Gasteiger partial charge on any atom is 0.305 e. The number of non-ortho nitro benzene ring substituents is 1. The number of hydrogen-bond donors (Lipinski definition) is 1. The molecule has 114 valence electrons. The predicted molar refractivity (Wildman–Crippen MR) is 77.2 cm³/mol. The summed E-state index contributed by atoms with van der Waals surface area (Å²) in [6, 6.07) is 5.66. The van der Waals surface area contributed by atoms with Gasteiger partial charge in [0.25, 0.3) is 5.69 Å². The number of carbonyl (C=O) groups excluding carboxylic acids is 1. The monoisotopic (exact) mass is 294 g/mol. The number of aliphatic carboxylic acids is 1. The fraction of sp³-hybridized carbons (Fsp3) is 0.429. The van der Waals surface area contributed by atoms with Crippen molar-refractivity contribution >= 4 is 23.3 Å². The topological polar surface area (TPSA) is 101 Å². The van der Waals surface area contributed by atoms with E-state index < -0.39 is 10.9 Å². The molecule has 1 aromatic rings. The van der Waals surface area contributed by atoms with E-state index in [0.29, 0.717) is 18.5 Å². The van der Waals surface area contributed by atoms with Crippen molar-refractivity contribution in [2.24, 2.45) is 0 Å². The van der Waals surface area contributed by atoms with E-state index >= 15 is 0 Å². The van der Waals surface area contributed by atoms with Crippen LogP contribution in [0, 0.1) is 10.1 Å². The number of unbranched alkanes of at least 4 members (excludes halogenated alkanes) is 1. The molecule has 0 saturated carbocycles. The smallest absolute Gasteiger partial charge is 0.305 e. The Hall–Kier alpha value is -2.44. The minimum absolute atomic E-state index is 0.000944. The van der Waals surface area contributed by atoms with Crippen LogP contribution in [-0.2, 0) is 9.59 Å². The van der Waals surface area contributed by atoms with Gasteiger partial charge in [-0.05, 0) is 12.5 Å². The molecule has 0 unspecified atom stereocenters. The minimum atomic E-state index is -1.02. The lowest BCUT2D eigenvalue weighted by molar-refractivity contribution is -0.384. The molecule has 0 aromatic heterocycles. The molecule has 1 N–H and O–H groups in total. The van der Waals surface area contributed by atoms with Crippen LogP contribution in [0.15, 0.2) is 24.3 Å². The molecule has 21 heavy (non-hydrogen) atoms. The Morgan fingerprint density at radius 2 is 2.05 bits per heavy atom. The molecule has 1 rings (SSSR count). The summed E-state index contributed by atoms with van der Waals surface area (Å²) in [4.78, 5) is 34.4. The van der Waals surface area contributed by atoms with Gasteiger partial charge in [0.05, 0.1) is 17.0 Å². The van der Waals surface area contributed by atoms with Crippen LogP contribution in [0.1, 0.15) is 32.6 Å². The molecule has 0 bridgehead atoms. The fourth-order valence-corrected chi connectivity index (χ4v) is 1.84. The largest absolute Gasteiger partial charge is 0.481 e. The highest BCUT2D eigenvalue weighted by Gasteiger charge is 2.18. The molecule has 0 radical (unpaired) electrons. The highest BCUT2D eigenvalue weighted by Crippen LogP contribution is 2.22. The first-order chi connectivity index (χ1) is 9.95. The predicted octanol–water partition coefficient (Wildman–Crippen LogP) is 2.59. The summed E-state index contributed by atoms with van der Waals surface area (Å²) in [5.74, 6) is -1.24. The molecule has 0 fully saturated rings. The van der Waals surface area contributed by atoms with Gasteiger partial charge in [0.2, 0.25) is 5.91 Å². The second kappa shape index (κ2) is 7.98. The molecule has 0 atom stereocenters. The lowest BCUT2D eigenvalue weighted by Crippen LogP contribution is -2.32. The summed E-state index contributed by atoms with van der Waals surface area (Å²) < 4.78 is 0. The molecular weight excluding hydrogens is 276 g/mol. The zero-order valence-electron chi connectivity index (χ0n) is 11.8. The summed E-state index contributed by atoms with van der Waals surface area (Å²) in [5, 5.41) is 19.6. The van der Waals surface area contributed by atoms with E-state index in [4.69, 9.17) is 5.11 Å². The van der Waals surface area contributed by atoms with Crippen LogP contribution in [0.25, 0.3) is 0 Å². The number of carboxylic acid groups (broad SMARTS) is 1. The van der Waals surface area contributed by atoms with Crippen LogP contribution in [0.2, 0.25) is 0 Å². The molecule has 1 amide bonds. The Balaban J connectivity index is 2.98. The van der Waals surface area contributed by atoms with E-state index in [1.807, 2.05) is 6.92 Å². The van der Waals surface area contributed by atoms with Crippen LogP contribution >= 0.6 is 0 Å². The summed E-state index contributed by atoms with van der Waals surface area (Å²) in [6.45, 7) is 1.95. The maximum absolute atomic E-state index is 12.2. The Kier molecular flexibility index (Phi) is 6.32. The Labute approximate surface area is 122 Å². The molecule has 7 nitrogen and oxygen atoms in total. The van der Waals surface area contributed by atoms with Crippen molar-refractivity contribution in [1.29, 1.82) is 0 Å². The molecule has 7 heteroatoms. The third-order valence-electron chi connectivity index (χ3n) is 2.95. The zero-order chi connectivity index (χ0) is 15.8. The average molecular weight is 294 g/mol. The summed E-state index contributed by atoms with van der Waals surface area (Å²) in [6.07, 6.45) is 1.62. The number of hydrogen-bond acceptors (Lipinski definition) is 4. The molecule has 0 aliphatic heterocycles. The molecule has 1 aromatic carbocycles. The van der Waals surface area contributed by atoms with E-state index in [0.717, 1.165) is 6.42 Å². The standard InChI is InChI=1S/C14H18N2O5/c1-2-3-7-13(17)15(9-8-14(18)19)11-5-4-6-12(10-11)16(20)21/h4-6,10H,2-3,7-9H2,1H3,(H,18,19). The van der Waals surface area contributed by atoms with Gasteiger partial charge in [-0.25, -0.2) is 0 Å². The van der Waals surface area contributed by atoms with Gasteiger partial charge in [-0.1, -0.05) is 19.4 Å². The number of amides is 1. The number of carbonyl (C=O) groups is 2. The lowest BCUT2D eigenvalue weighted by Gasteiger charge is -2.22. The number of nitro groups is 1. The van der Waals surface area contributed by atoms with E-state index in [1.165, 1.54) is 23.1 Å². The summed E-state index contributed by atoms with van der Waals surface area (Å²) in [7, 11) is 0. The normalized spacial score (nSPS) is 10.1. The maximum atomic E-state index is 12.2. The van der Waals surface area contributed by atoms with Gasteiger partial charge >= 0.3 is 5.97 Å². The third kappa shape index (κ3) is 5.21. The van der Waals surface area contributed by atoms with Crippen LogP contribution in [-0.4, -0.2) is 28.5 Å². The number of anilines is 1. The van der Waals surface area contributed by atoms with Crippen molar-refractivity contribution in [2.75, 3.05) is 11.4 Å². The Morgan fingerprint density at radius 3 is 2.62 bits per heavy atom. The van der Waals surface area contributed by atoms with Crippen molar-refractivity contribution in [1.82, 2.24) is 0 Å². The molecule has 0 aliphatic rings. The Morgan fingerprint density at radius 1 is 1.33 bits per heavy atom. The first-order valence-electron chi connectivity index (χ1n) is 6.72. The van der Waals surface area contributed by atoms with Crippen molar-refractivity contribution < 1.29 is 19.6 Å². The molecule has 0 aliphatic carbocycles. The quantitative estimate of drug-likeness (QED) is 0.586. The fourth-order valence-electron chi connectivity index (χ4n) is 1.84. The van der Waals surface area contributed by atoms with Gasteiger partial charge in [-0.3, -0.25) is 19.7 Å². The van der Waals surface area contributed by atoms with Crippen LogP contribution in [0.3, 0.4) is 0 Å². The minimum Gasteiger partial charge on any atom is -0.481 e. The lowest BCUT2D eigenvalue weighted by atomic mass is 10.2. The molecule has 0 spiro atoms. The van der Waals surface area contributed by atoms with Gasteiger partial charge in [0.15, 0.2) is 0 Å². The number of rotatable bonds is 8. The number of nitrogens with zero attached hydrogens (tertiary/aromatic N) is 2. The van der Waals surface area contributed by atoms with E-state index in [2.05, 4.69) is 0 Å². The number of carboxylic acids is 1. The average Bonchev–Trinajstić information content (AvgIpc) is 2.45. The van der Waals surface area contributed by atoms with E-state index in [9.17, 15) is 19.7 Å². The van der Waals surface area contributed by atoms with Crippen LogP contribution in [0.4, 0.5) is 11.4 Å². The third-order valence-corrected chi connectivity index (χ3v) is 2.95. The Bertz CT molecular complexity index is 530. The second-order valence-corrected chi connectivity index (χ2v) is 4.57. The van der Waals surface area contributed by atoms with Crippen molar-refractivity contribution in [3.8, 4) is 0 Å². The number of nitro benzene ring substituents is 1. The summed E-state index contributed by atoms with van der Waals surface area (Å²) >= 11 is 0. The zero-order valence-corrected chi connectivity index (χ0v) is 11.8. The van der Waals surface area contributed by atoms with Gasteiger partial charge in [0.1, 0.15) is 0 Å². The van der Waals surface area contributed by atoms with Gasteiger partial charge in [0, 0.05) is 25.1 Å². The SMILES string of the molecule is CCCCC(=O)N(CCC(=O)O)c1cccc([N+](=O)[O-])c1.